The van der Waals surface area contributed by atoms with Crippen molar-refractivity contribution in [3.05, 3.63) is 35.6 Å². The Labute approximate surface area is 122 Å². The molecule has 0 fully saturated rings. The van der Waals surface area contributed by atoms with E-state index in [0.717, 1.165) is 6.07 Å². The maximum Gasteiger partial charge on any atom is 0.338 e. The van der Waals surface area contributed by atoms with Crippen molar-refractivity contribution in [2.24, 2.45) is 5.92 Å². The van der Waals surface area contributed by atoms with Crippen LogP contribution in [0.15, 0.2) is 24.3 Å². The Morgan fingerprint density at radius 3 is 2.67 bits per heavy atom. The van der Waals surface area contributed by atoms with Crippen LogP contribution in [0.2, 0.25) is 0 Å². The van der Waals surface area contributed by atoms with Gasteiger partial charge in [-0.25, -0.2) is 9.18 Å². The first-order valence-corrected chi connectivity index (χ1v) is 6.43. The van der Waals surface area contributed by atoms with Crippen LogP contribution in [0.1, 0.15) is 31.1 Å². The topological polar surface area (TPSA) is 79.2 Å². The molecule has 0 unspecified atom stereocenters. The smallest absolute Gasteiger partial charge is 0.338 e. The molecule has 0 aliphatic carbocycles. The number of carbonyl (C=O) groups excluding carboxylic acids is 2. The molecule has 5 nitrogen and oxygen atoms in total. The van der Waals surface area contributed by atoms with Crippen LogP contribution in [-0.2, 0) is 9.53 Å². The first kappa shape index (κ1) is 16.6. The summed E-state index contributed by atoms with van der Waals surface area (Å²) in [5.41, 5.74) is -1.02. The third-order valence-corrected chi connectivity index (χ3v) is 3.18. The van der Waals surface area contributed by atoms with E-state index in [0.29, 0.717) is 0 Å². The normalized spacial score (nSPS) is 13.1. The number of hydrogen-bond donors (Lipinski definition) is 1. The number of nitrogens with zero attached hydrogens (tertiary/aromatic N) is 1. The molecule has 1 aromatic rings. The summed E-state index contributed by atoms with van der Waals surface area (Å²) >= 11 is 0. The number of rotatable bonds is 5. The number of benzene rings is 1. The summed E-state index contributed by atoms with van der Waals surface area (Å²) in [5, 5.41) is 11.6. The molecule has 1 N–H and O–H groups in total. The predicted molar refractivity (Wildman–Crippen MR) is 73.7 cm³/mol. The van der Waals surface area contributed by atoms with E-state index in [1.807, 2.05) is 6.07 Å². The van der Waals surface area contributed by atoms with Crippen LogP contribution in [0, 0.1) is 23.1 Å². The molecule has 0 aliphatic rings. The monoisotopic (exact) mass is 292 g/mol. The average molecular weight is 292 g/mol. The molecule has 1 rings (SSSR count). The van der Waals surface area contributed by atoms with Crippen molar-refractivity contribution in [3.8, 4) is 6.07 Å². The third kappa shape index (κ3) is 4.56. The van der Waals surface area contributed by atoms with E-state index in [1.165, 1.54) is 18.2 Å². The van der Waals surface area contributed by atoms with Gasteiger partial charge in [0.05, 0.1) is 11.6 Å². The van der Waals surface area contributed by atoms with Gasteiger partial charge < -0.3 is 10.1 Å². The van der Waals surface area contributed by atoms with Crippen LogP contribution < -0.4 is 5.32 Å². The first-order chi connectivity index (χ1) is 9.78. The fourth-order valence-corrected chi connectivity index (χ4v) is 1.46. The van der Waals surface area contributed by atoms with Gasteiger partial charge in [0, 0.05) is 0 Å². The first-order valence-electron chi connectivity index (χ1n) is 6.43. The van der Waals surface area contributed by atoms with Crippen LogP contribution >= 0.6 is 0 Å². The molecule has 21 heavy (non-hydrogen) atoms. The van der Waals surface area contributed by atoms with Crippen molar-refractivity contribution in [3.63, 3.8) is 0 Å². The minimum absolute atomic E-state index is 0.0229. The summed E-state index contributed by atoms with van der Waals surface area (Å²) in [5.74, 6) is -2.05. The Hall–Kier alpha value is -2.42. The number of ether oxygens (including phenoxy) is 1. The summed E-state index contributed by atoms with van der Waals surface area (Å²) in [7, 11) is 0. The number of esters is 1. The Bertz CT molecular complexity index is 581. The number of carbonyl (C=O) groups is 2. The highest BCUT2D eigenvalue weighted by Crippen LogP contribution is 2.14. The van der Waals surface area contributed by atoms with Gasteiger partial charge in [0.2, 0.25) is 0 Å². The molecule has 0 saturated carbocycles. The van der Waals surface area contributed by atoms with Crippen molar-refractivity contribution < 1.29 is 18.7 Å². The fraction of sp³-hybridized carbons (Fsp3) is 0.400. The molecule has 0 aliphatic heterocycles. The Balaban J connectivity index is 2.58. The van der Waals surface area contributed by atoms with Gasteiger partial charge in [0.1, 0.15) is 11.4 Å². The van der Waals surface area contributed by atoms with Gasteiger partial charge in [-0.3, -0.25) is 4.79 Å². The molecule has 0 spiro atoms. The number of halogens is 1. The third-order valence-electron chi connectivity index (χ3n) is 3.18. The van der Waals surface area contributed by atoms with Gasteiger partial charge in [-0.05, 0) is 31.0 Å². The van der Waals surface area contributed by atoms with Crippen molar-refractivity contribution in [2.75, 3.05) is 6.61 Å². The molecule has 0 radical (unpaired) electrons. The Morgan fingerprint density at radius 1 is 1.48 bits per heavy atom. The van der Waals surface area contributed by atoms with Gasteiger partial charge in [0.25, 0.3) is 5.91 Å². The highest BCUT2D eigenvalue weighted by atomic mass is 19.1. The maximum atomic E-state index is 13.0. The lowest BCUT2D eigenvalue weighted by molar-refractivity contribution is -0.125. The number of nitriles is 1. The van der Waals surface area contributed by atoms with Crippen molar-refractivity contribution in [1.82, 2.24) is 5.32 Å². The van der Waals surface area contributed by atoms with Crippen molar-refractivity contribution in [2.45, 2.75) is 26.3 Å². The lowest BCUT2D eigenvalue weighted by Gasteiger charge is -2.27. The molecule has 1 amide bonds. The summed E-state index contributed by atoms with van der Waals surface area (Å²) in [6, 6.07) is 6.99. The van der Waals surface area contributed by atoms with Gasteiger partial charge in [-0.2, -0.15) is 5.26 Å². The zero-order valence-electron chi connectivity index (χ0n) is 12.1. The van der Waals surface area contributed by atoms with E-state index in [4.69, 9.17) is 10.00 Å². The number of amides is 1. The van der Waals surface area contributed by atoms with Crippen molar-refractivity contribution >= 4 is 11.9 Å². The van der Waals surface area contributed by atoms with Crippen LogP contribution in [0.4, 0.5) is 4.39 Å². The molecule has 0 bridgehead atoms. The summed E-state index contributed by atoms with van der Waals surface area (Å²) in [6.07, 6.45) is 0. The number of nitrogens with one attached hydrogen (secondary N) is 1. The second-order valence-corrected chi connectivity index (χ2v) is 5.10. The van der Waals surface area contributed by atoms with E-state index in [-0.39, 0.29) is 11.5 Å². The molecule has 1 atom stereocenters. The standard InChI is InChI=1S/C15H17FN2O3/c1-10(2)15(3,9-17)18-13(19)8-21-14(20)11-5-4-6-12(16)7-11/h4-7,10H,8H2,1-3H3,(H,18,19)/t15-/m1/s1. The highest BCUT2D eigenvalue weighted by Gasteiger charge is 2.30. The largest absolute Gasteiger partial charge is 0.452 e. The van der Waals surface area contributed by atoms with Gasteiger partial charge in [0.15, 0.2) is 6.61 Å². The van der Waals surface area contributed by atoms with Crippen LogP contribution in [-0.4, -0.2) is 24.0 Å². The van der Waals surface area contributed by atoms with Crippen LogP contribution in [0.25, 0.3) is 0 Å². The molecule has 0 heterocycles. The van der Waals surface area contributed by atoms with Gasteiger partial charge in [-0.15, -0.1) is 0 Å². The lowest BCUT2D eigenvalue weighted by Crippen LogP contribution is -2.50. The summed E-state index contributed by atoms with van der Waals surface area (Å²) in [4.78, 5) is 23.3. The van der Waals surface area contributed by atoms with Crippen molar-refractivity contribution in [1.29, 1.82) is 5.26 Å². The molecule has 6 heteroatoms. The van der Waals surface area contributed by atoms with Gasteiger partial charge in [-0.1, -0.05) is 19.9 Å². The van der Waals surface area contributed by atoms with E-state index < -0.39 is 29.8 Å². The molecule has 0 aromatic heterocycles. The minimum atomic E-state index is -1.04. The summed E-state index contributed by atoms with van der Waals surface area (Å²) in [6.45, 7) is 4.65. The average Bonchev–Trinajstić information content (AvgIpc) is 2.44. The molecule has 112 valence electrons. The van der Waals surface area contributed by atoms with E-state index in [2.05, 4.69) is 5.32 Å². The predicted octanol–water partition coefficient (Wildman–Crippen LogP) is 2.04. The molecule has 1 aromatic carbocycles. The zero-order chi connectivity index (χ0) is 16.0. The molecular formula is C15H17FN2O3. The highest BCUT2D eigenvalue weighted by molar-refractivity contribution is 5.91. The Morgan fingerprint density at radius 2 is 2.14 bits per heavy atom. The van der Waals surface area contributed by atoms with E-state index in [9.17, 15) is 14.0 Å². The second-order valence-electron chi connectivity index (χ2n) is 5.10. The van der Waals surface area contributed by atoms with Gasteiger partial charge >= 0.3 is 5.97 Å². The fourth-order valence-electron chi connectivity index (χ4n) is 1.46. The molecule has 0 saturated heterocycles. The maximum absolute atomic E-state index is 13.0. The SMILES string of the molecule is CC(C)[C@@](C)(C#N)NC(=O)COC(=O)c1cccc(F)c1. The Kier molecular flexibility index (Phi) is 5.42. The zero-order valence-corrected chi connectivity index (χ0v) is 12.1. The lowest BCUT2D eigenvalue weighted by atomic mass is 9.90. The quantitative estimate of drug-likeness (QED) is 0.842. The summed E-state index contributed by atoms with van der Waals surface area (Å²) < 4.78 is 17.7. The minimum Gasteiger partial charge on any atom is -0.452 e. The number of hydrogen-bond acceptors (Lipinski definition) is 4. The molecular weight excluding hydrogens is 275 g/mol. The second kappa shape index (κ2) is 6.84. The van der Waals surface area contributed by atoms with E-state index >= 15 is 0 Å². The van der Waals surface area contributed by atoms with E-state index in [1.54, 1.807) is 20.8 Å². The van der Waals surface area contributed by atoms with Crippen LogP contribution in [0.3, 0.4) is 0 Å². The van der Waals surface area contributed by atoms with Crippen LogP contribution in [0.5, 0.6) is 0 Å².